The first kappa shape index (κ1) is 22.1. The fraction of sp³-hybridized carbons (Fsp3) is 0.409. The Morgan fingerprint density at radius 3 is 2.43 bits per heavy atom. The lowest BCUT2D eigenvalue weighted by molar-refractivity contribution is -0.122. The number of hydrogen-bond donors (Lipinski definition) is 1. The fourth-order valence-corrected chi connectivity index (χ4v) is 4.91. The molecule has 0 aromatic heterocycles. The van der Waals surface area contributed by atoms with Crippen LogP contribution in [0, 0.1) is 6.92 Å². The van der Waals surface area contributed by atoms with Crippen LogP contribution < -0.4 is 14.8 Å². The molecule has 3 rings (SSSR count). The molecule has 1 N–H and O–H groups in total. The molecule has 1 aliphatic rings. The molecule has 2 aromatic carbocycles. The number of amides is 1. The van der Waals surface area contributed by atoms with E-state index in [2.05, 4.69) is 5.32 Å². The summed E-state index contributed by atoms with van der Waals surface area (Å²) in [6, 6.07) is 11.9. The third-order valence-electron chi connectivity index (χ3n) is 5.15. The molecule has 8 heteroatoms. The van der Waals surface area contributed by atoms with E-state index in [4.69, 9.17) is 9.47 Å². The standard InChI is InChI=1S/C22H28N2O5S/c1-16-9-5-6-10-20(16)29-17(2)22(25)23-19-15-18(11-12-21(19)28-3)30(26,27)24-13-7-4-8-14-24/h5-6,9-12,15,17H,4,7-8,13-14H2,1-3H3,(H,23,25)/t17-/m0/s1. The summed E-state index contributed by atoms with van der Waals surface area (Å²) >= 11 is 0. The average molecular weight is 433 g/mol. The highest BCUT2D eigenvalue weighted by atomic mass is 32.2. The molecule has 2 aromatic rings. The number of hydrogen-bond acceptors (Lipinski definition) is 5. The number of piperidine rings is 1. The van der Waals surface area contributed by atoms with Crippen molar-refractivity contribution in [2.24, 2.45) is 0 Å². The molecule has 0 unspecified atom stereocenters. The molecule has 1 fully saturated rings. The molecule has 0 aliphatic carbocycles. The van der Waals surface area contributed by atoms with Crippen LogP contribution in [0.4, 0.5) is 5.69 Å². The number of nitrogens with one attached hydrogen (secondary N) is 1. The monoisotopic (exact) mass is 432 g/mol. The molecule has 30 heavy (non-hydrogen) atoms. The van der Waals surface area contributed by atoms with Crippen molar-refractivity contribution in [2.75, 3.05) is 25.5 Å². The van der Waals surface area contributed by atoms with Crippen molar-refractivity contribution in [1.29, 1.82) is 0 Å². The zero-order chi connectivity index (χ0) is 21.7. The van der Waals surface area contributed by atoms with Crippen LogP contribution in [0.5, 0.6) is 11.5 Å². The number of methoxy groups -OCH3 is 1. The number of rotatable bonds is 7. The van der Waals surface area contributed by atoms with E-state index in [0.29, 0.717) is 30.3 Å². The van der Waals surface area contributed by atoms with Gasteiger partial charge in [-0.25, -0.2) is 8.42 Å². The minimum Gasteiger partial charge on any atom is -0.495 e. The van der Waals surface area contributed by atoms with Crippen LogP contribution in [-0.4, -0.2) is 44.9 Å². The van der Waals surface area contributed by atoms with Crippen LogP contribution in [0.1, 0.15) is 31.7 Å². The van der Waals surface area contributed by atoms with E-state index in [1.54, 1.807) is 19.1 Å². The van der Waals surface area contributed by atoms with Gasteiger partial charge in [0.05, 0.1) is 17.7 Å². The maximum atomic E-state index is 13.0. The summed E-state index contributed by atoms with van der Waals surface area (Å²) in [5.74, 6) is 0.599. The van der Waals surface area contributed by atoms with E-state index in [0.717, 1.165) is 24.8 Å². The Morgan fingerprint density at radius 2 is 1.77 bits per heavy atom. The molecule has 7 nitrogen and oxygen atoms in total. The van der Waals surface area contributed by atoms with Gasteiger partial charge in [-0.1, -0.05) is 24.6 Å². The molecule has 0 saturated carbocycles. The summed E-state index contributed by atoms with van der Waals surface area (Å²) in [5.41, 5.74) is 1.21. The van der Waals surface area contributed by atoms with Gasteiger partial charge in [-0.2, -0.15) is 4.31 Å². The van der Waals surface area contributed by atoms with Crippen LogP contribution in [0.3, 0.4) is 0 Å². The molecular formula is C22H28N2O5S. The van der Waals surface area contributed by atoms with E-state index >= 15 is 0 Å². The third kappa shape index (κ3) is 4.94. The van der Waals surface area contributed by atoms with Crippen molar-refractivity contribution >= 4 is 21.6 Å². The lowest BCUT2D eigenvalue weighted by atomic mass is 10.2. The Morgan fingerprint density at radius 1 is 1.07 bits per heavy atom. The first-order valence-corrected chi connectivity index (χ1v) is 11.5. The van der Waals surface area contributed by atoms with Crippen molar-refractivity contribution in [3.8, 4) is 11.5 Å². The average Bonchev–Trinajstić information content (AvgIpc) is 2.75. The molecule has 1 aliphatic heterocycles. The lowest BCUT2D eigenvalue weighted by Crippen LogP contribution is -2.35. The quantitative estimate of drug-likeness (QED) is 0.723. The smallest absolute Gasteiger partial charge is 0.265 e. The van der Waals surface area contributed by atoms with Gasteiger partial charge in [0.15, 0.2) is 6.10 Å². The van der Waals surface area contributed by atoms with Crippen LogP contribution in [0.2, 0.25) is 0 Å². The van der Waals surface area contributed by atoms with Gasteiger partial charge in [0.1, 0.15) is 11.5 Å². The van der Waals surface area contributed by atoms with Crippen LogP contribution in [-0.2, 0) is 14.8 Å². The largest absolute Gasteiger partial charge is 0.495 e. The van der Waals surface area contributed by atoms with E-state index in [9.17, 15) is 13.2 Å². The highest BCUT2D eigenvalue weighted by Gasteiger charge is 2.27. The van der Waals surface area contributed by atoms with E-state index in [1.807, 2.05) is 25.1 Å². The zero-order valence-corrected chi connectivity index (χ0v) is 18.4. The SMILES string of the molecule is COc1ccc(S(=O)(=O)N2CCCCC2)cc1NC(=O)[C@H](C)Oc1ccccc1C. The number of aryl methyl sites for hydroxylation is 1. The fourth-order valence-electron chi connectivity index (χ4n) is 3.37. The molecule has 0 bridgehead atoms. The predicted octanol–water partition coefficient (Wildman–Crippen LogP) is 3.58. The highest BCUT2D eigenvalue weighted by molar-refractivity contribution is 7.89. The Hall–Kier alpha value is -2.58. The van der Waals surface area contributed by atoms with Gasteiger partial charge in [0.2, 0.25) is 10.0 Å². The molecule has 0 radical (unpaired) electrons. The van der Waals surface area contributed by atoms with Gasteiger partial charge in [0, 0.05) is 13.1 Å². The molecule has 1 saturated heterocycles. The Labute approximate surface area is 178 Å². The summed E-state index contributed by atoms with van der Waals surface area (Å²) in [5, 5.41) is 2.74. The third-order valence-corrected chi connectivity index (χ3v) is 7.04. The van der Waals surface area contributed by atoms with Gasteiger partial charge in [-0.05, 0) is 56.5 Å². The van der Waals surface area contributed by atoms with Crippen molar-refractivity contribution in [3.63, 3.8) is 0 Å². The molecular weight excluding hydrogens is 404 g/mol. The molecule has 162 valence electrons. The first-order chi connectivity index (χ1) is 14.3. The number of para-hydroxylation sites is 1. The number of nitrogens with zero attached hydrogens (tertiary/aromatic N) is 1. The molecule has 1 atom stereocenters. The molecule has 0 spiro atoms. The second kappa shape index (κ2) is 9.49. The molecule has 1 amide bonds. The number of carbonyl (C=O) groups excluding carboxylic acids is 1. The first-order valence-electron chi connectivity index (χ1n) is 10.0. The van der Waals surface area contributed by atoms with Gasteiger partial charge in [0.25, 0.3) is 5.91 Å². The van der Waals surface area contributed by atoms with Crippen LogP contribution in [0.25, 0.3) is 0 Å². The van der Waals surface area contributed by atoms with E-state index in [-0.39, 0.29) is 4.90 Å². The van der Waals surface area contributed by atoms with E-state index < -0.39 is 22.0 Å². The number of sulfonamides is 1. The van der Waals surface area contributed by atoms with Gasteiger partial charge in [-0.3, -0.25) is 4.79 Å². The van der Waals surface area contributed by atoms with Crippen molar-refractivity contribution < 1.29 is 22.7 Å². The van der Waals surface area contributed by atoms with Gasteiger partial charge >= 0.3 is 0 Å². The minimum atomic E-state index is -3.62. The maximum Gasteiger partial charge on any atom is 0.265 e. The second-order valence-electron chi connectivity index (χ2n) is 7.34. The predicted molar refractivity (Wildman–Crippen MR) is 116 cm³/mol. The van der Waals surface area contributed by atoms with Crippen molar-refractivity contribution in [2.45, 2.75) is 44.1 Å². The summed E-state index contributed by atoms with van der Waals surface area (Å²) in [6.07, 6.45) is 1.96. The number of benzene rings is 2. The lowest BCUT2D eigenvalue weighted by Gasteiger charge is -2.26. The highest BCUT2D eigenvalue weighted by Crippen LogP contribution is 2.30. The number of carbonyl (C=O) groups is 1. The van der Waals surface area contributed by atoms with Gasteiger partial charge in [-0.15, -0.1) is 0 Å². The van der Waals surface area contributed by atoms with Gasteiger partial charge < -0.3 is 14.8 Å². The summed E-state index contributed by atoms with van der Waals surface area (Å²) in [6.45, 7) is 4.56. The zero-order valence-electron chi connectivity index (χ0n) is 17.6. The van der Waals surface area contributed by atoms with Crippen LogP contribution >= 0.6 is 0 Å². The Balaban J connectivity index is 1.80. The van der Waals surface area contributed by atoms with E-state index in [1.165, 1.54) is 23.5 Å². The van der Waals surface area contributed by atoms with Crippen molar-refractivity contribution in [1.82, 2.24) is 4.31 Å². The maximum absolute atomic E-state index is 13.0. The summed E-state index contributed by atoms with van der Waals surface area (Å²) in [7, 11) is -2.16. The normalized spacial score (nSPS) is 16.0. The summed E-state index contributed by atoms with van der Waals surface area (Å²) in [4.78, 5) is 12.8. The second-order valence-corrected chi connectivity index (χ2v) is 9.28. The topological polar surface area (TPSA) is 84.9 Å². The Kier molecular flexibility index (Phi) is 6.99. The summed E-state index contributed by atoms with van der Waals surface area (Å²) < 4.78 is 38.5. The minimum absolute atomic E-state index is 0.132. The Bertz CT molecular complexity index is 1000. The van der Waals surface area contributed by atoms with Crippen LogP contribution in [0.15, 0.2) is 47.4 Å². The molecule has 1 heterocycles. The van der Waals surface area contributed by atoms with Crippen molar-refractivity contribution in [3.05, 3.63) is 48.0 Å². The number of ether oxygens (including phenoxy) is 2. The number of anilines is 1.